The predicted octanol–water partition coefficient (Wildman–Crippen LogP) is 3.31. The fourth-order valence-electron chi connectivity index (χ4n) is 3.52. The number of rotatable bonds is 5. The number of hydrogen-bond acceptors (Lipinski definition) is 3. The van der Waals surface area contributed by atoms with Gasteiger partial charge in [0.05, 0.1) is 11.4 Å². The van der Waals surface area contributed by atoms with Gasteiger partial charge in [-0.3, -0.25) is 4.79 Å². The first-order valence-corrected chi connectivity index (χ1v) is 10.8. The van der Waals surface area contributed by atoms with Crippen molar-refractivity contribution in [3.05, 3.63) is 79.1 Å². The number of thiophene rings is 2. The van der Waals surface area contributed by atoms with Crippen LogP contribution in [-0.4, -0.2) is 19.0 Å². The van der Waals surface area contributed by atoms with E-state index in [1.807, 2.05) is 35.6 Å². The van der Waals surface area contributed by atoms with E-state index in [1.165, 1.54) is 20.2 Å². The molecule has 2 aromatic heterocycles. The van der Waals surface area contributed by atoms with E-state index in [0.717, 1.165) is 18.5 Å². The van der Waals surface area contributed by atoms with E-state index in [2.05, 4.69) is 34.3 Å². The highest BCUT2D eigenvalue weighted by Gasteiger charge is 2.34. The molecule has 0 spiro atoms. The third-order valence-electron chi connectivity index (χ3n) is 4.79. The highest BCUT2D eigenvalue weighted by molar-refractivity contribution is 7.10. The summed E-state index contributed by atoms with van der Waals surface area (Å²) in [6, 6.07) is 14.4. The average Bonchev–Trinajstić information content (AvgIpc) is 3.33. The molecule has 1 unspecified atom stereocenters. The van der Waals surface area contributed by atoms with Gasteiger partial charge in [0.1, 0.15) is 6.04 Å². The number of carbonyl (C=O) groups is 1. The molecule has 6 heteroatoms. The van der Waals surface area contributed by atoms with Crippen LogP contribution in [0.3, 0.4) is 0 Å². The number of nitrogens with one attached hydrogen (secondary N) is 2. The minimum atomic E-state index is 0.0928. The maximum atomic E-state index is 12.6. The van der Waals surface area contributed by atoms with Gasteiger partial charge in [0.2, 0.25) is 0 Å². The predicted molar refractivity (Wildman–Crippen MR) is 108 cm³/mol. The molecule has 2 atom stereocenters. The lowest BCUT2D eigenvalue weighted by molar-refractivity contribution is -0.919. The zero-order chi connectivity index (χ0) is 17.9. The molecule has 26 heavy (non-hydrogen) atoms. The molecule has 2 N–H and O–H groups in total. The summed E-state index contributed by atoms with van der Waals surface area (Å²) in [7, 11) is 0. The van der Waals surface area contributed by atoms with E-state index in [9.17, 15) is 4.79 Å². The van der Waals surface area contributed by atoms with Crippen LogP contribution in [0.15, 0.2) is 53.2 Å². The van der Waals surface area contributed by atoms with E-state index in [4.69, 9.17) is 11.6 Å². The Labute approximate surface area is 166 Å². The second-order valence-electron chi connectivity index (χ2n) is 6.49. The minimum absolute atomic E-state index is 0.0928. The molecule has 0 saturated carbocycles. The van der Waals surface area contributed by atoms with Crippen molar-refractivity contribution in [3.8, 4) is 0 Å². The van der Waals surface area contributed by atoms with E-state index < -0.39 is 0 Å². The molecule has 0 bridgehead atoms. The zero-order valence-corrected chi connectivity index (χ0v) is 16.6. The van der Waals surface area contributed by atoms with Gasteiger partial charge in [-0.25, -0.2) is 0 Å². The Kier molecular flexibility index (Phi) is 5.41. The smallest absolute Gasteiger partial charge is 0.275 e. The molecule has 1 aromatic carbocycles. The highest BCUT2D eigenvalue weighted by Crippen LogP contribution is 2.31. The Morgan fingerprint density at radius 2 is 2.00 bits per heavy atom. The minimum Gasteiger partial charge on any atom is -0.347 e. The van der Waals surface area contributed by atoms with Crippen molar-refractivity contribution in [1.82, 2.24) is 5.32 Å². The van der Waals surface area contributed by atoms with Gasteiger partial charge >= 0.3 is 0 Å². The Morgan fingerprint density at radius 3 is 2.77 bits per heavy atom. The molecule has 1 aliphatic heterocycles. The van der Waals surface area contributed by atoms with E-state index in [0.29, 0.717) is 18.1 Å². The molecular weight excluding hydrogens is 384 g/mol. The van der Waals surface area contributed by atoms with Gasteiger partial charge in [-0.15, -0.1) is 22.7 Å². The van der Waals surface area contributed by atoms with Crippen molar-refractivity contribution in [1.29, 1.82) is 0 Å². The summed E-state index contributed by atoms with van der Waals surface area (Å²) in [4.78, 5) is 16.7. The van der Waals surface area contributed by atoms with Crippen LogP contribution in [0.4, 0.5) is 0 Å². The van der Waals surface area contributed by atoms with Gasteiger partial charge in [0.25, 0.3) is 5.91 Å². The third-order valence-corrected chi connectivity index (χ3v) is 6.98. The topological polar surface area (TPSA) is 33.5 Å². The van der Waals surface area contributed by atoms with Crippen LogP contribution in [0.1, 0.15) is 26.9 Å². The molecular formula is C20H20ClN2OS2+. The van der Waals surface area contributed by atoms with Crippen molar-refractivity contribution in [3.63, 3.8) is 0 Å². The van der Waals surface area contributed by atoms with Crippen molar-refractivity contribution in [2.75, 3.05) is 13.1 Å². The standard InChI is InChI=1S/C20H19ClN2OS2/c21-15-5-3-14(4-6-15)12-22-19(24)13-23-9-7-17-16(8-11-26-17)20(23)18-2-1-10-25-18/h1-6,8,10-11,20H,7,9,12-13H2,(H,22,24)/p+1/t20-/m0/s1. The number of hydrogen-bond donors (Lipinski definition) is 2. The first-order valence-electron chi connectivity index (χ1n) is 8.66. The highest BCUT2D eigenvalue weighted by atomic mass is 35.5. The van der Waals surface area contributed by atoms with E-state index in [-0.39, 0.29) is 11.9 Å². The number of amides is 1. The second-order valence-corrected chi connectivity index (χ2v) is 8.90. The molecule has 1 aliphatic rings. The number of halogens is 1. The summed E-state index contributed by atoms with van der Waals surface area (Å²) in [5, 5.41) is 8.06. The Bertz CT molecular complexity index is 874. The van der Waals surface area contributed by atoms with Gasteiger partial charge in [0.15, 0.2) is 6.54 Å². The van der Waals surface area contributed by atoms with Gasteiger partial charge in [-0.2, -0.15) is 0 Å². The summed E-state index contributed by atoms with van der Waals surface area (Å²) in [6.45, 7) is 2.02. The molecule has 0 aliphatic carbocycles. The Hall–Kier alpha value is -1.66. The molecule has 3 aromatic rings. The van der Waals surface area contributed by atoms with Crippen molar-refractivity contribution in [2.24, 2.45) is 0 Å². The molecule has 4 rings (SSSR count). The van der Waals surface area contributed by atoms with Crippen LogP contribution >= 0.6 is 34.3 Å². The van der Waals surface area contributed by atoms with Gasteiger partial charge in [-0.1, -0.05) is 29.8 Å². The zero-order valence-electron chi connectivity index (χ0n) is 14.2. The number of benzene rings is 1. The monoisotopic (exact) mass is 403 g/mol. The average molecular weight is 404 g/mol. The third kappa shape index (κ3) is 3.86. The first-order chi connectivity index (χ1) is 12.7. The Balaban J connectivity index is 1.44. The first kappa shape index (κ1) is 17.7. The summed E-state index contributed by atoms with van der Waals surface area (Å²) < 4.78 is 0. The van der Waals surface area contributed by atoms with Crippen LogP contribution in [0, 0.1) is 0 Å². The van der Waals surface area contributed by atoms with Crippen LogP contribution in [0.2, 0.25) is 5.02 Å². The molecule has 134 valence electrons. The number of fused-ring (bicyclic) bond motifs is 1. The molecule has 3 nitrogen and oxygen atoms in total. The van der Waals surface area contributed by atoms with Gasteiger partial charge < -0.3 is 10.2 Å². The van der Waals surface area contributed by atoms with Gasteiger partial charge in [-0.05, 0) is 40.6 Å². The maximum Gasteiger partial charge on any atom is 0.275 e. The fraction of sp³-hybridized carbons (Fsp3) is 0.250. The van der Waals surface area contributed by atoms with Crippen molar-refractivity contribution < 1.29 is 9.69 Å². The molecule has 0 radical (unpaired) electrons. The summed E-state index contributed by atoms with van der Waals surface area (Å²) in [5.74, 6) is 0.0928. The second kappa shape index (κ2) is 7.92. The van der Waals surface area contributed by atoms with Crippen LogP contribution in [-0.2, 0) is 17.8 Å². The number of carbonyl (C=O) groups excluding carboxylic acids is 1. The maximum absolute atomic E-state index is 12.6. The lowest BCUT2D eigenvalue weighted by Crippen LogP contribution is -3.14. The number of quaternary nitrogens is 1. The Morgan fingerprint density at radius 1 is 1.15 bits per heavy atom. The van der Waals surface area contributed by atoms with E-state index in [1.54, 1.807) is 11.3 Å². The van der Waals surface area contributed by atoms with Crippen molar-refractivity contribution >= 4 is 40.2 Å². The van der Waals surface area contributed by atoms with Crippen LogP contribution in [0.5, 0.6) is 0 Å². The summed E-state index contributed by atoms with van der Waals surface area (Å²) in [5.41, 5.74) is 2.45. The summed E-state index contributed by atoms with van der Waals surface area (Å²) >= 11 is 9.53. The summed E-state index contributed by atoms with van der Waals surface area (Å²) in [6.07, 6.45) is 1.05. The van der Waals surface area contributed by atoms with Gasteiger partial charge in [0, 0.05) is 28.4 Å². The molecule has 1 amide bonds. The van der Waals surface area contributed by atoms with E-state index >= 15 is 0 Å². The van der Waals surface area contributed by atoms with Crippen molar-refractivity contribution in [2.45, 2.75) is 19.0 Å². The fourth-order valence-corrected chi connectivity index (χ4v) is 5.47. The quantitative estimate of drug-likeness (QED) is 0.673. The molecule has 0 saturated heterocycles. The molecule has 3 heterocycles. The normalized spacial score (nSPS) is 19.1. The lowest BCUT2D eigenvalue weighted by Gasteiger charge is -2.31. The SMILES string of the molecule is O=C(C[NH+]1CCc2sccc2[C@H]1c1cccs1)NCc1ccc(Cl)cc1. The van der Waals surface area contributed by atoms with Crippen LogP contribution < -0.4 is 10.2 Å². The molecule has 0 fully saturated rings. The largest absolute Gasteiger partial charge is 0.347 e. The lowest BCUT2D eigenvalue weighted by atomic mass is 9.98. The van der Waals surface area contributed by atoms with Crippen LogP contribution in [0.25, 0.3) is 0 Å².